The third kappa shape index (κ3) is 3.19. The normalized spacial score (nSPS) is 13.4. The van der Waals surface area contributed by atoms with E-state index in [1.807, 2.05) is 0 Å². The zero-order valence-electron chi connectivity index (χ0n) is 17.4. The quantitative estimate of drug-likeness (QED) is 0.334. The Morgan fingerprint density at radius 3 is 2.14 bits per heavy atom. The topological polar surface area (TPSA) is 0 Å². The van der Waals surface area contributed by atoms with E-state index in [2.05, 4.69) is 112 Å². The molecule has 0 heterocycles. The number of rotatable bonds is 2. The van der Waals surface area contributed by atoms with E-state index in [4.69, 9.17) is 0 Å². The average molecular weight is 375 g/mol. The van der Waals surface area contributed by atoms with Crippen LogP contribution in [0.2, 0.25) is 0 Å². The maximum atomic E-state index is 2.41. The molecule has 4 aromatic rings. The monoisotopic (exact) mass is 374 g/mol. The molecule has 0 saturated heterocycles. The first-order valence-corrected chi connectivity index (χ1v) is 10.4. The second-order valence-corrected chi connectivity index (χ2v) is 9.08. The molecule has 142 valence electrons. The molecule has 5 rings (SSSR count). The summed E-state index contributed by atoms with van der Waals surface area (Å²) in [6, 6.07) is 31.2. The van der Waals surface area contributed by atoms with Crippen LogP contribution in [-0.2, 0) is 11.8 Å². The summed E-state index contributed by atoms with van der Waals surface area (Å²) >= 11 is 0. The predicted octanol–water partition coefficient (Wildman–Crippen LogP) is 7.90. The Morgan fingerprint density at radius 1 is 0.655 bits per heavy atom. The molecule has 0 aliphatic heterocycles. The van der Waals surface area contributed by atoms with Crippen molar-refractivity contribution in [2.24, 2.45) is 0 Å². The predicted molar refractivity (Wildman–Crippen MR) is 126 cm³/mol. The first kappa shape index (κ1) is 17.9. The van der Waals surface area contributed by atoms with Crippen molar-refractivity contribution < 1.29 is 0 Å². The molecule has 0 N–H and O–H groups in total. The fraction of sp³-hybridized carbons (Fsp3) is 0.172. The zero-order chi connectivity index (χ0) is 20.0. The van der Waals surface area contributed by atoms with Crippen molar-refractivity contribution >= 4 is 22.4 Å². The van der Waals surface area contributed by atoms with Crippen LogP contribution in [0.5, 0.6) is 0 Å². The summed E-state index contributed by atoms with van der Waals surface area (Å²) in [6.45, 7) is 6.80. The van der Waals surface area contributed by atoms with E-state index in [0.717, 1.165) is 6.42 Å². The SMILES string of the molecule is CC(C)(C)c1ccc(-c2cccc3c2C=C(c2cccc4ccccc24)C3)cc1. The van der Waals surface area contributed by atoms with Crippen molar-refractivity contribution in [2.75, 3.05) is 0 Å². The molecule has 0 aromatic heterocycles. The van der Waals surface area contributed by atoms with Crippen LogP contribution in [-0.4, -0.2) is 0 Å². The highest BCUT2D eigenvalue weighted by molar-refractivity contribution is 6.02. The fourth-order valence-corrected chi connectivity index (χ4v) is 4.45. The van der Waals surface area contributed by atoms with Crippen molar-refractivity contribution in [3.05, 3.63) is 107 Å². The van der Waals surface area contributed by atoms with Crippen LogP contribution in [0, 0.1) is 0 Å². The lowest BCUT2D eigenvalue weighted by atomic mass is 9.86. The molecule has 0 atom stereocenters. The molecule has 29 heavy (non-hydrogen) atoms. The Balaban J connectivity index is 1.59. The maximum absolute atomic E-state index is 2.41. The average Bonchev–Trinajstić information content (AvgIpc) is 3.17. The Labute approximate surface area is 173 Å². The Morgan fingerprint density at radius 2 is 1.34 bits per heavy atom. The Hall–Kier alpha value is -3.12. The second kappa shape index (κ2) is 6.74. The first-order valence-electron chi connectivity index (χ1n) is 10.4. The number of benzene rings is 4. The fourth-order valence-electron chi connectivity index (χ4n) is 4.45. The van der Waals surface area contributed by atoms with Gasteiger partial charge in [-0.05, 0) is 67.6 Å². The molecule has 0 unspecified atom stereocenters. The molecular weight excluding hydrogens is 348 g/mol. The molecule has 1 aliphatic rings. The lowest BCUT2D eigenvalue weighted by Crippen LogP contribution is -2.10. The summed E-state index contributed by atoms with van der Waals surface area (Å²) in [5.41, 5.74) is 9.75. The van der Waals surface area contributed by atoms with Crippen LogP contribution in [0.25, 0.3) is 33.5 Å². The van der Waals surface area contributed by atoms with Gasteiger partial charge < -0.3 is 0 Å². The summed E-state index contributed by atoms with van der Waals surface area (Å²) < 4.78 is 0. The van der Waals surface area contributed by atoms with Gasteiger partial charge in [0, 0.05) is 0 Å². The number of hydrogen-bond acceptors (Lipinski definition) is 0. The lowest BCUT2D eigenvalue weighted by molar-refractivity contribution is 0.590. The van der Waals surface area contributed by atoms with Crippen LogP contribution in [0.3, 0.4) is 0 Å². The third-order valence-corrected chi connectivity index (χ3v) is 6.09. The van der Waals surface area contributed by atoms with Gasteiger partial charge >= 0.3 is 0 Å². The van der Waals surface area contributed by atoms with Gasteiger partial charge in [-0.3, -0.25) is 0 Å². The van der Waals surface area contributed by atoms with Gasteiger partial charge in [0.1, 0.15) is 0 Å². The minimum Gasteiger partial charge on any atom is -0.0616 e. The molecule has 0 bridgehead atoms. The molecule has 0 amide bonds. The van der Waals surface area contributed by atoms with Gasteiger partial charge in [0.2, 0.25) is 0 Å². The molecule has 0 heteroatoms. The third-order valence-electron chi connectivity index (χ3n) is 6.09. The van der Waals surface area contributed by atoms with Gasteiger partial charge in [-0.15, -0.1) is 0 Å². The van der Waals surface area contributed by atoms with E-state index < -0.39 is 0 Å². The molecule has 0 radical (unpaired) electrons. The molecular formula is C29H26. The van der Waals surface area contributed by atoms with Crippen LogP contribution in [0.4, 0.5) is 0 Å². The van der Waals surface area contributed by atoms with Gasteiger partial charge in [-0.1, -0.05) is 106 Å². The highest BCUT2D eigenvalue weighted by atomic mass is 14.2. The van der Waals surface area contributed by atoms with Gasteiger partial charge in [-0.2, -0.15) is 0 Å². The van der Waals surface area contributed by atoms with E-state index in [-0.39, 0.29) is 5.41 Å². The van der Waals surface area contributed by atoms with Gasteiger partial charge in [0.15, 0.2) is 0 Å². The molecule has 0 saturated carbocycles. The van der Waals surface area contributed by atoms with Crippen LogP contribution >= 0.6 is 0 Å². The van der Waals surface area contributed by atoms with E-state index in [9.17, 15) is 0 Å². The summed E-state index contributed by atoms with van der Waals surface area (Å²) in [5.74, 6) is 0. The van der Waals surface area contributed by atoms with E-state index in [0.29, 0.717) is 0 Å². The number of allylic oxidation sites excluding steroid dienone is 1. The highest BCUT2D eigenvalue weighted by Gasteiger charge is 2.19. The minimum atomic E-state index is 0.179. The van der Waals surface area contributed by atoms with Crippen LogP contribution in [0.15, 0.2) is 84.9 Å². The summed E-state index contributed by atoms with van der Waals surface area (Å²) in [5, 5.41) is 2.64. The summed E-state index contributed by atoms with van der Waals surface area (Å²) in [6.07, 6.45) is 3.40. The minimum absolute atomic E-state index is 0.179. The Kier molecular flexibility index (Phi) is 4.17. The standard InChI is InChI=1S/C29H26/c1-29(2,3)24-16-14-21(15-17-24)26-12-7-10-22-18-23(19-28(22)26)27-13-6-9-20-8-4-5-11-25(20)27/h4-17,19H,18H2,1-3H3. The summed E-state index contributed by atoms with van der Waals surface area (Å²) in [7, 11) is 0. The molecule has 0 fully saturated rings. The van der Waals surface area contributed by atoms with Crippen molar-refractivity contribution in [3.8, 4) is 11.1 Å². The number of hydrogen-bond donors (Lipinski definition) is 0. The molecule has 1 aliphatic carbocycles. The highest BCUT2D eigenvalue weighted by Crippen LogP contribution is 2.39. The van der Waals surface area contributed by atoms with Gasteiger partial charge in [0.25, 0.3) is 0 Å². The van der Waals surface area contributed by atoms with E-state index in [1.54, 1.807) is 0 Å². The largest absolute Gasteiger partial charge is 0.0616 e. The molecule has 0 nitrogen and oxygen atoms in total. The molecule has 4 aromatic carbocycles. The van der Waals surface area contributed by atoms with E-state index >= 15 is 0 Å². The smallest absolute Gasteiger partial charge is 0.00132 e. The van der Waals surface area contributed by atoms with Crippen LogP contribution < -0.4 is 0 Å². The first-order chi connectivity index (χ1) is 14.0. The van der Waals surface area contributed by atoms with Crippen LogP contribution in [0.1, 0.15) is 43.0 Å². The van der Waals surface area contributed by atoms with E-state index in [1.165, 1.54) is 49.7 Å². The van der Waals surface area contributed by atoms with Crippen molar-refractivity contribution in [1.82, 2.24) is 0 Å². The summed E-state index contributed by atoms with van der Waals surface area (Å²) in [4.78, 5) is 0. The molecule has 0 spiro atoms. The zero-order valence-corrected chi connectivity index (χ0v) is 17.4. The van der Waals surface area contributed by atoms with Gasteiger partial charge in [0.05, 0.1) is 0 Å². The number of fused-ring (bicyclic) bond motifs is 2. The second-order valence-electron chi connectivity index (χ2n) is 9.08. The maximum Gasteiger partial charge on any atom is -0.00132 e. The Bertz CT molecular complexity index is 1230. The van der Waals surface area contributed by atoms with Crippen molar-refractivity contribution in [3.63, 3.8) is 0 Å². The van der Waals surface area contributed by atoms with Crippen molar-refractivity contribution in [2.45, 2.75) is 32.6 Å². The lowest BCUT2D eigenvalue weighted by Gasteiger charge is -2.19. The van der Waals surface area contributed by atoms with Crippen molar-refractivity contribution in [1.29, 1.82) is 0 Å². The van der Waals surface area contributed by atoms with Gasteiger partial charge in [-0.25, -0.2) is 0 Å².